The third-order valence-corrected chi connectivity index (χ3v) is 4.26. The second-order valence-electron chi connectivity index (χ2n) is 2.12. The molecule has 0 bridgehead atoms. The predicted octanol–water partition coefficient (Wildman–Crippen LogP) is 2.00. The normalized spacial score (nSPS) is 11.4. The van der Waals surface area contributed by atoms with E-state index in [-0.39, 0.29) is 10.0 Å². The molecule has 1 aromatic rings. The highest BCUT2D eigenvalue weighted by atomic mass is 35.5. The van der Waals surface area contributed by atoms with Crippen LogP contribution in [0.4, 0.5) is 0 Å². The fraction of sp³-hybridized carbons (Fsp3) is 0. The highest BCUT2D eigenvalue weighted by molar-refractivity contribution is 6.59. The monoisotopic (exact) mass is 260 g/mol. The van der Waals surface area contributed by atoms with Crippen molar-refractivity contribution in [3.8, 4) is 0 Å². The minimum Gasteiger partial charge on any atom is -0.433 e. The average Bonchev–Trinajstić information content (AvgIpc) is 2.08. The van der Waals surface area contributed by atoms with E-state index < -0.39 is 9.76 Å². The lowest BCUT2D eigenvalue weighted by Crippen LogP contribution is -2.15. The smallest absolute Gasteiger partial charge is 0.189 e. The summed E-state index contributed by atoms with van der Waals surface area (Å²) in [4.78, 5) is 8.95. The molecule has 1 nitrogen and oxygen atoms in total. The van der Waals surface area contributed by atoms with Crippen LogP contribution in [0, 0.1) is 0 Å². The van der Waals surface area contributed by atoms with Crippen LogP contribution in [0.3, 0.4) is 0 Å². The van der Waals surface area contributed by atoms with Gasteiger partial charge in [-0.3, -0.25) is 0 Å². The van der Waals surface area contributed by atoms with Crippen LogP contribution in [0.15, 0.2) is 6.07 Å². The lowest BCUT2D eigenvalue weighted by Gasteiger charge is -2.05. The average molecular weight is 262 g/mol. The van der Waals surface area contributed by atoms with Crippen LogP contribution in [0.1, 0.15) is 0 Å². The zero-order valence-electron chi connectivity index (χ0n) is 5.74. The van der Waals surface area contributed by atoms with Crippen molar-refractivity contribution < 1.29 is 4.80 Å². The minimum atomic E-state index is -1.36. The molecule has 0 amide bonds. The van der Waals surface area contributed by atoms with Gasteiger partial charge in [0, 0.05) is 0 Å². The van der Waals surface area contributed by atoms with Gasteiger partial charge in [0.25, 0.3) is 0 Å². The second-order valence-corrected chi connectivity index (χ2v) is 4.74. The summed E-state index contributed by atoms with van der Waals surface area (Å²) >= 11 is 22.9. The molecule has 1 N–H and O–H groups in total. The Morgan fingerprint density at radius 1 is 1.00 bits per heavy atom. The number of hydrogen-bond donors (Lipinski definition) is 1. The summed E-state index contributed by atoms with van der Waals surface area (Å²) in [6, 6.07) is 1.55. The Balaban J connectivity index is 3.39. The Morgan fingerprint density at radius 2 is 1.58 bits per heavy atom. The van der Waals surface area contributed by atoms with E-state index in [1.54, 1.807) is 6.07 Å². The summed E-state index contributed by atoms with van der Waals surface area (Å²) < 4.78 is 0. The first kappa shape index (κ1) is 10.6. The molecule has 0 saturated carbocycles. The van der Waals surface area contributed by atoms with Crippen molar-refractivity contribution in [1.82, 2.24) is 0 Å². The Hall–Kier alpha value is 0.557. The molecule has 0 aliphatic rings. The van der Waals surface area contributed by atoms with E-state index in [2.05, 4.69) is 0 Å². The van der Waals surface area contributed by atoms with E-state index >= 15 is 0 Å². The molecule has 0 unspecified atom stereocenters. The first-order chi connectivity index (χ1) is 5.57. The Labute approximate surface area is 92.1 Å². The zero-order chi connectivity index (χ0) is 9.30. The number of hydrogen-bond acceptors (Lipinski definition) is 1. The van der Waals surface area contributed by atoms with Crippen LogP contribution >= 0.6 is 46.4 Å². The van der Waals surface area contributed by atoms with Crippen molar-refractivity contribution in [3.05, 3.63) is 26.2 Å². The van der Waals surface area contributed by atoms with Gasteiger partial charge in [-0.2, -0.15) is 0 Å². The fourth-order valence-corrected chi connectivity index (χ4v) is 2.61. The molecule has 6 heteroatoms. The summed E-state index contributed by atoms with van der Waals surface area (Å²) in [6.45, 7) is 0. The molecule has 66 valence electrons. The number of halogens is 4. The van der Waals surface area contributed by atoms with Crippen LogP contribution in [0.2, 0.25) is 20.1 Å². The molecule has 0 fully saturated rings. The maximum absolute atomic E-state index is 8.95. The summed E-state index contributed by atoms with van der Waals surface area (Å²) in [5.74, 6) is 0. The fourth-order valence-electron chi connectivity index (χ4n) is 0.737. The molecule has 0 aliphatic carbocycles. The molecule has 0 aliphatic heterocycles. The van der Waals surface area contributed by atoms with Crippen LogP contribution in [0.25, 0.3) is 0 Å². The minimum absolute atomic E-state index is 0.211. The van der Waals surface area contributed by atoms with E-state index in [1.807, 2.05) is 0 Å². The number of benzene rings is 1. The molecule has 0 saturated heterocycles. The molecule has 1 aromatic carbocycles. The highest BCUT2D eigenvalue weighted by Gasteiger charge is 2.12. The lowest BCUT2D eigenvalue weighted by atomic mass is 10.3. The summed E-state index contributed by atoms with van der Waals surface area (Å²) in [6.07, 6.45) is 0. The van der Waals surface area contributed by atoms with Crippen LogP contribution in [-0.4, -0.2) is 14.6 Å². The van der Waals surface area contributed by atoms with Crippen molar-refractivity contribution in [2.24, 2.45) is 0 Å². The Morgan fingerprint density at radius 3 is 2.08 bits per heavy atom. The van der Waals surface area contributed by atoms with Crippen LogP contribution in [-0.2, 0) is 0 Å². The van der Waals surface area contributed by atoms with Gasteiger partial charge < -0.3 is 4.80 Å². The largest absolute Gasteiger partial charge is 0.433 e. The van der Waals surface area contributed by atoms with Gasteiger partial charge in [-0.05, 0) is 11.3 Å². The predicted molar refractivity (Wildman–Crippen MR) is 56.9 cm³/mol. The van der Waals surface area contributed by atoms with Crippen molar-refractivity contribution in [2.75, 3.05) is 0 Å². The molecular weight excluding hydrogens is 258 g/mol. The van der Waals surface area contributed by atoms with Crippen molar-refractivity contribution >= 4 is 61.4 Å². The molecule has 0 radical (unpaired) electrons. The quantitative estimate of drug-likeness (QED) is 0.466. The second kappa shape index (κ2) is 4.18. The Kier molecular flexibility index (Phi) is 3.70. The molecule has 0 aromatic heterocycles. The van der Waals surface area contributed by atoms with Crippen molar-refractivity contribution in [2.45, 2.75) is 0 Å². The zero-order valence-corrected chi connectivity index (χ0v) is 10.2. The van der Waals surface area contributed by atoms with Crippen LogP contribution in [0.5, 0.6) is 0 Å². The number of rotatable bonds is 1. The highest BCUT2D eigenvalue weighted by Crippen LogP contribution is 2.33. The van der Waals surface area contributed by atoms with E-state index in [1.165, 1.54) is 0 Å². The van der Waals surface area contributed by atoms with E-state index in [9.17, 15) is 0 Å². The van der Waals surface area contributed by atoms with Gasteiger partial charge in [0.05, 0.1) is 20.1 Å². The standard InChI is InChI=1S/C6H4Cl4OSi/c7-2-1-3(12-11)5(9)6(10)4(2)8/h1,11H,12H2. The molecule has 12 heavy (non-hydrogen) atoms. The topological polar surface area (TPSA) is 20.2 Å². The summed E-state index contributed by atoms with van der Waals surface area (Å²) in [5.41, 5.74) is 0. The van der Waals surface area contributed by atoms with E-state index in [4.69, 9.17) is 51.2 Å². The molecule has 1 rings (SSSR count). The van der Waals surface area contributed by atoms with Crippen molar-refractivity contribution in [1.29, 1.82) is 0 Å². The molecule has 0 heterocycles. The summed E-state index contributed by atoms with van der Waals surface area (Å²) in [7, 11) is -1.36. The third-order valence-electron chi connectivity index (χ3n) is 1.35. The Bertz CT molecular complexity index is 315. The first-order valence-corrected chi connectivity index (χ1v) is 5.85. The van der Waals surface area contributed by atoms with Gasteiger partial charge in [-0.15, -0.1) is 0 Å². The molecule has 0 spiro atoms. The maximum Gasteiger partial charge on any atom is 0.189 e. The third kappa shape index (κ3) is 1.90. The molecular formula is C6H4Cl4OSi. The SMILES string of the molecule is O[SiH2]c1cc(Cl)c(Cl)c(Cl)c1Cl. The van der Waals surface area contributed by atoms with Gasteiger partial charge in [0.15, 0.2) is 9.76 Å². The van der Waals surface area contributed by atoms with Gasteiger partial charge in [-0.1, -0.05) is 46.4 Å². The molecule has 0 atom stereocenters. The van der Waals surface area contributed by atoms with E-state index in [0.717, 1.165) is 0 Å². The summed E-state index contributed by atoms with van der Waals surface area (Å²) in [5, 5.41) is 1.68. The lowest BCUT2D eigenvalue weighted by molar-refractivity contribution is 0.615. The van der Waals surface area contributed by atoms with Crippen LogP contribution < -0.4 is 5.19 Å². The maximum atomic E-state index is 8.95. The van der Waals surface area contributed by atoms with E-state index in [0.29, 0.717) is 15.2 Å². The van der Waals surface area contributed by atoms with Gasteiger partial charge in [0.1, 0.15) is 0 Å². The van der Waals surface area contributed by atoms with Gasteiger partial charge in [-0.25, -0.2) is 0 Å². The first-order valence-electron chi connectivity index (χ1n) is 3.00. The van der Waals surface area contributed by atoms with Crippen molar-refractivity contribution in [3.63, 3.8) is 0 Å². The van der Waals surface area contributed by atoms with Gasteiger partial charge in [0.2, 0.25) is 0 Å². The van der Waals surface area contributed by atoms with Gasteiger partial charge >= 0.3 is 0 Å².